The fraction of sp³-hybridized carbons (Fsp3) is 0.857. The zero-order valence-corrected chi connectivity index (χ0v) is 10.8. The largest absolute Gasteiger partial charge is 0.371 e. The minimum Gasteiger partial charge on any atom is -0.371 e. The average molecular weight is 236 g/mol. The zero-order valence-electron chi connectivity index (χ0n) is 10.8. The van der Waals surface area contributed by atoms with E-state index < -0.39 is 0 Å². The Morgan fingerprint density at radius 2 is 2.06 bits per heavy atom. The molecule has 3 heteroatoms. The van der Waals surface area contributed by atoms with E-state index >= 15 is 0 Å². The van der Waals surface area contributed by atoms with Crippen LogP contribution in [-0.4, -0.2) is 23.8 Å². The highest BCUT2D eigenvalue weighted by Gasteiger charge is 2.71. The van der Waals surface area contributed by atoms with Crippen molar-refractivity contribution in [3.8, 4) is 0 Å². The number of hydrogen-bond acceptors (Lipinski definition) is 3. The summed E-state index contributed by atoms with van der Waals surface area (Å²) in [6, 6.07) is 0. The van der Waals surface area contributed by atoms with Crippen molar-refractivity contribution in [2.24, 2.45) is 16.7 Å². The van der Waals surface area contributed by atoms with Gasteiger partial charge in [0.1, 0.15) is 12.1 Å². The van der Waals surface area contributed by atoms with E-state index in [0.717, 1.165) is 25.5 Å². The molecule has 3 nitrogen and oxygen atoms in total. The van der Waals surface area contributed by atoms with Gasteiger partial charge >= 0.3 is 0 Å². The number of carbonyl (C=O) groups excluding carboxylic acids is 2. The molecule has 4 rings (SSSR count). The van der Waals surface area contributed by atoms with Crippen LogP contribution < -0.4 is 0 Å². The van der Waals surface area contributed by atoms with Crippen LogP contribution in [0.2, 0.25) is 0 Å². The monoisotopic (exact) mass is 236 g/mol. The molecule has 0 amide bonds. The first kappa shape index (κ1) is 11.4. The van der Waals surface area contributed by atoms with Gasteiger partial charge in [-0.2, -0.15) is 0 Å². The summed E-state index contributed by atoms with van der Waals surface area (Å²) in [6.07, 6.45) is 4.47. The van der Waals surface area contributed by atoms with Gasteiger partial charge in [-0.05, 0) is 38.5 Å². The molecule has 2 aliphatic heterocycles. The van der Waals surface area contributed by atoms with Crippen LogP contribution in [0.1, 0.15) is 46.5 Å². The third-order valence-electron chi connectivity index (χ3n) is 5.16. The van der Waals surface area contributed by atoms with Crippen molar-refractivity contribution in [3.05, 3.63) is 0 Å². The topological polar surface area (TPSA) is 43.4 Å². The molecule has 2 saturated heterocycles. The van der Waals surface area contributed by atoms with Crippen LogP contribution in [0.4, 0.5) is 0 Å². The van der Waals surface area contributed by atoms with Crippen LogP contribution in [-0.2, 0) is 14.3 Å². The molecule has 0 radical (unpaired) electrons. The van der Waals surface area contributed by atoms with Crippen molar-refractivity contribution in [2.45, 2.75) is 58.2 Å². The van der Waals surface area contributed by atoms with Gasteiger partial charge in [-0.15, -0.1) is 0 Å². The van der Waals surface area contributed by atoms with Gasteiger partial charge in [-0.1, -0.05) is 6.92 Å². The predicted molar refractivity (Wildman–Crippen MR) is 62.5 cm³/mol. The third-order valence-corrected chi connectivity index (χ3v) is 5.16. The zero-order chi connectivity index (χ0) is 12.5. The molecular formula is C14H20O3. The third kappa shape index (κ3) is 1.32. The molecule has 0 aromatic carbocycles. The van der Waals surface area contributed by atoms with E-state index in [1.807, 2.05) is 0 Å². The highest BCUT2D eigenvalue weighted by molar-refractivity contribution is 5.77. The average Bonchev–Trinajstić information content (AvgIpc) is 2.47. The lowest BCUT2D eigenvalue weighted by molar-refractivity contribution is -0.155. The second kappa shape index (κ2) is 3.00. The van der Waals surface area contributed by atoms with Crippen molar-refractivity contribution in [1.82, 2.24) is 0 Å². The fourth-order valence-electron chi connectivity index (χ4n) is 5.15. The summed E-state index contributed by atoms with van der Waals surface area (Å²) >= 11 is 0. The van der Waals surface area contributed by atoms with Gasteiger partial charge in [-0.3, -0.25) is 0 Å². The second-order valence-electron chi connectivity index (χ2n) is 7.04. The number of carbonyl (C=O) groups is 2. The van der Waals surface area contributed by atoms with Gasteiger partial charge in [0.15, 0.2) is 0 Å². The maximum absolute atomic E-state index is 11.6. The normalized spacial score (nSPS) is 55.2. The molecule has 5 unspecified atom stereocenters. The van der Waals surface area contributed by atoms with E-state index in [2.05, 4.69) is 13.8 Å². The predicted octanol–water partition coefficient (Wildman–Crippen LogP) is 2.13. The molecule has 4 fully saturated rings. The maximum atomic E-state index is 11.6. The van der Waals surface area contributed by atoms with E-state index in [1.165, 1.54) is 0 Å². The number of aldehydes is 1. The number of Topliss-reactive ketones (excluding diaryl/α,β-unsaturated/α-hetero) is 1. The first-order valence-electron chi connectivity index (χ1n) is 6.46. The molecule has 17 heavy (non-hydrogen) atoms. The van der Waals surface area contributed by atoms with Gasteiger partial charge in [0, 0.05) is 17.8 Å². The Kier molecular flexibility index (Phi) is 2.01. The number of ketones is 1. The molecule has 2 heterocycles. The summed E-state index contributed by atoms with van der Waals surface area (Å²) in [6.45, 7) is 5.95. The van der Waals surface area contributed by atoms with Crippen molar-refractivity contribution in [2.75, 3.05) is 0 Å². The van der Waals surface area contributed by atoms with E-state index in [-0.39, 0.29) is 34.2 Å². The highest BCUT2D eigenvalue weighted by Crippen LogP contribution is 2.70. The molecule has 0 spiro atoms. The van der Waals surface area contributed by atoms with Crippen LogP contribution in [0.15, 0.2) is 0 Å². The Balaban J connectivity index is 2.02. The minimum atomic E-state index is -0.295. The number of hydrogen-bond donors (Lipinski definition) is 0. The van der Waals surface area contributed by atoms with E-state index in [1.54, 1.807) is 6.92 Å². The molecule has 0 aromatic heterocycles. The summed E-state index contributed by atoms with van der Waals surface area (Å²) in [5, 5.41) is 0. The van der Waals surface area contributed by atoms with Crippen LogP contribution >= 0.6 is 0 Å². The Bertz CT molecular complexity index is 400. The first-order valence-corrected chi connectivity index (χ1v) is 6.46. The molecular weight excluding hydrogens is 216 g/mol. The second-order valence-corrected chi connectivity index (χ2v) is 7.04. The lowest BCUT2D eigenvalue weighted by Crippen LogP contribution is -2.47. The number of rotatable bonds is 3. The Hall–Kier alpha value is -0.700. The highest BCUT2D eigenvalue weighted by atomic mass is 16.5. The standard InChI is InChI=1S/C14H20O3/c1-9(16)4-10-11-12(2)5-13(3,17-11)7-14(10,6-12)8-15/h8,10-11H,4-7H2,1-3H3. The molecule has 2 aliphatic carbocycles. The maximum Gasteiger partial charge on any atom is 0.130 e. The van der Waals surface area contributed by atoms with Crippen LogP contribution in [0.25, 0.3) is 0 Å². The lowest BCUT2D eigenvalue weighted by Gasteiger charge is -2.45. The summed E-state index contributed by atoms with van der Waals surface area (Å²) in [5.74, 6) is 0.280. The molecule has 4 bridgehead atoms. The molecule has 5 atom stereocenters. The van der Waals surface area contributed by atoms with Gasteiger partial charge in [0.25, 0.3) is 0 Å². The van der Waals surface area contributed by atoms with E-state index in [9.17, 15) is 9.59 Å². The molecule has 0 aromatic rings. The van der Waals surface area contributed by atoms with Crippen molar-refractivity contribution in [1.29, 1.82) is 0 Å². The van der Waals surface area contributed by atoms with E-state index in [0.29, 0.717) is 6.42 Å². The smallest absolute Gasteiger partial charge is 0.130 e. The van der Waals surface area contributed by atoms with Gasteiger partial charge in [-0.25, -0.2) is 0 Å². The lowest BCUT2D eigenvalue weighted by atomic mass is 9.63. The molecule has 0 N–H and O–H groups in total. The Morgan fingerprint density at radius 1 is 1.35 bits per heavy atom. The summed E-state index contributed by atoms with van der Waals surface area (Å²) in [4.78, 5) is 23.0. The molecule has 94 valence electrons. The fourth-order valence-corrected chi connectivity index (χ4v) is 5.15. The van der Waals surface area contributed by atoms with Crippen molar-refractivity contribution < 1.29 is 14.3 Å². The molecule has 4 aliphatic rings. The van der Waals surface area contributed by atoms with Crippen LogP contribution in [0, 0.1) is 16.7 Å². The summed E-state index contributed by atoms with van der Waals surface area (Å²) in [7, 11) is 0. The van der Waals surface area contributed by atoms with Crippen LogP contribution in [0.3, 0.4) is 0 Å². The van der Waals surface area contributed by atoms with Gasteiger partial charge < -0.3 is 14.3 Å². The molecule has 2 saturated carbocycles. The Morgan fingerprint density at radius 3 is 2.65 bits per heavy atom. The SMILES string of the molecule is CC(=O)CC1C2OC3(C)CC2(C)CC1(C=O)C3. The van der Waals surface area contributed by atoms with E-state index in [4.69, 9.17) is 4.74 Å². The minimum absolute atomic E-state index is 0.105. The van der Waals surface area contributed by atoms with Crippen LogP contribution in [0.5, 0.6) is 0 Å². The Labute approximate surface area is 102 Å². The van der Waals surface area contributed by atoms with Gasteiger partial charge in [0.05, 0.1) is 11.7 Å². The van der Waals surface area contributed by atoms with Crippen molar-refractivity contribution >= 4 is 12.1 Å². The van der Waals surface area contributed by atoms with Crippen molar-refractivity contribution in [3.63, 3.8) is 0 Å². The number of ether oxygens (including phenoxy) is 1. The quantitative estimate of drug-likeness (QED) is 0.705. The first-order chi connectivity index (χ1) is 7.83. The van der Waals surface area contributed by atoms with Gasteiger partial charge in [0.2, 0.25) is 0 Å². The summed E-state index contributed by atoms with van der Waals surface area (Å²) < 4.78 is 6.17. The summed E-state index contributed by atoms with van der Waals surface area (Å²) in [5.41, 5.74) is -0.323.